The van der Waals surface area contributed by atoms with Crippen molar-refractivity contribution in [2.45, 2.75) is 45.1 Å². The normalized spacial score (nSPS) is 29.8. The Morgan fingerprint density at radius 1 is 1.11 bits per heavy atom. The van der Waals surface area contributed by atoms with E-state index in [0.717, 1.165) is 30.4 Å². The van der Waals surface area contributed by atoms with Crippen LogP contribution in [-0.2, 0) is 16.2 Å². The number of carbonyl (C=O) groups excluding carboxylic acids is 2. The van der Waals surface area contributed by atoms with Crippen molar-refractivity contribution in [1.82, 2.24) is 10.4 Å². The zero-order chi connectivity index (χ0) is 24.9. The number of halogens is 1. The van der Waals surface area contributed by atoms with Gasteiger partial charge in [-0.2, -0.15) is 5.01 Å². The summed E-state index contributed by atoms with van der Waals surface area (Å²) in [6.07, 6.45) is 8.40. The molecule has 1 aliphatic heterocycles. The van der Waals surface area contributed by atoms with Crippen molar-refractivity contribution in [1.29, 1.82) is 0 Å². The van der Waals surface area contributed by atoms with Gasteiger partial charge in [0.15, 0.2) is 4.32 Å². The van der Waals surface area contributed by atoms with Crippen molar-refractivity contribution in [3.8, 4) is 5.75 Å². The highest BCUT2D eigenvalue weighted by atomic mass is 35.5. The topological polar surface area (TPSA) is 58.6 Å². The fraction of sp³-hybridized carbons (Fsp3) is 0.393. The van der Waals surface area contributed by atoms with Gasteiger partial charge in [-0.3, -0.25) is 15.0 Å². The Hall–Kier alpha value is -2.35. The molecule has 4 aliphatic carbocycles. The molecule has 8 heteroatoms. The van der Waals surface area contributed by atoms with E-state index in [9.17, 15) is 9.59 Å². The third kappa shape index (κ3) is 4.57. The maximum Gasteiger partial charge on any atom is 0.285 e. The van der Waals surface area contributed by atoms with Gasteiger partial charge >= 0.3 is 0 Å². The number of nitrogens with zero attached hydrogens (tertiary/aromatic N) is 1. The minimum absolute atomic E-state index is 0.0332. The van der Waals surface area contributed by atoms with Crippen LogP contribution in [0.25, 0.3) is 6.08 Å². The van der Waals surface area contributed by atoms with E-state index in [1.165, 1.54) is 36.0 Å². The number of amides is 2. The van der Waals surface area contributed by atoms with Gasteiger partial charge in [-0.05, 0) is 98.3 Å². The summed E-state index contributed by atoms with van der Waals surface area (Å²) in [7, 11) is 0. The van der Waals surface area contributed by atoms with E-state index in [0.29, 0.717) is 44.4 Å². The van der Waals surface area contributed by atoms with E-state index in [1.54, 1.807) is 6.08 Å². The van der Waals surface area contributed by atoms with Crippen molar-refractivity contribution < 1.29 is 14.3 Å². The summed E-state index contributed by atoms with van der Waals surface area (Å²) in [5.74, 6) is 2.32. The molecule has 0 unspecified atom stereocenters. The van der Waals surface area contributed by atoms with Crippen LogP contribution in [0.15, 0.2) is 53.4 Å². The molecule has 2 aromatic rings. The molecule has 0 radical (unpaired) electrons. The van der Waals surface area contributed by atoms with Gasteiger partial charge in [0.05, 0.1) is 10.3 Å². The highest BCUT2D eigenvalue weighted by molar-refractivity contribution is 8.26. The van der Waals surface area contributed by atoms with Gasteiger partial charge in [0.1, 0.15) is 12.4 Å². The maximum absolute atomic E-state index is 13.4. The summed E-state index contributed by atoms with van der Waals surface area (Å²) < 4.78 is 6.27. The van der Waals surface area contributed by atoms with Crippen LogP contribution in [0.2, 0.25) is 5.02 Å². The first-order chi connectivity index (χ1) is 17.4. The summed E-state index contributed by atoms with van der Waals surface area (Å²) in [5.41, 5.74) is 4.29. The zero-order valence-electron chi connectivity index (χ0n) is 19.7. The van der Waals surface area contributed by atoms with Crippen molar-refractivity contribution in [2.75, 3.05) is 0 Å². The second-order valence-corrected chi connectivity index (χ2v) is 12.7. The van der Waals surface area contributed by atoms with E-state index in [1.807, 2.05) is 48.5 Å². The van der Waals surface area contributed by atoms with Crippen LogP contribution < -0.4 is 10.2 Å². The summed E-state index contributed by atoms with van der Waals surface area (Å²) in [5, 5.41) is 1.93. The van der Waals surface area contributed by atoms with Crippen molar-refractivity contribution >= 4 is 57.8 Å². The molecule has 7 rings (SSSR count). The largest absolute Gasteiger partial charge is 0.489 e. The van der Waals surface area contributed by atoms with Crippen LogP contribution in [0.1, 0.15) is 49.7 Å². The zero-order valence-corrected chi connectivity index (χ0v) is 22.1. The minimum Gasteiger partial charge on any atom is -0.489 e. The quantitative estimate of drug-likeness (QED) is 0.342. The van der Waals surface area contributed by atoms with Crippen LogP contribution in [-0.4, -0.2) is 21.1 Å². The molecule has 0 spiro atoms. The van der Waals surface area contributed by atoms with E-state index < -0.39 is 0 Å². The molecular weight excluding hydrogens is 512 g/mol. The van der Waals surface area contributed by atoms with Gasteiger partial charge < -0.3 is 4.74 Å². The van der Waals surface area contributed by atoms with Crippen LogP contribution in [0.3, 0.4) is 0 Å². The van der Waals surface area contributed by atoms with Gasteiger partial charge in [0, 0.05) is 10.6 Å². The molecule has 5 aliphatic rings. The van der Waals surface area contributed by atoms with E-state index in [2.05, 4.69) is 5.43 Å². The molecule has 36 heavy (non-hydrogen) atoms. The monoisotopic (exact) mass is 538 g/mol. The fourth-order valence-electron chi connectivity index (χ4n) is 6.79. The molecule has 2 aromatic carbocycles. The molecule has 1 saturated heterocycles. The molecule has 1 heterocycles. The number of thiocarbonyl (C=S) groups is 1. The van der Waals surface area contributed by atoms with Crippen molar-refractivity contribution in [2.24, 2.45) is 23.2 Å². The number of ether oxygens (including phenoxy) is 1. The van der Waals surface area contributed by atoms with Crippen LogP contribution in [0.5, 0.6) is 5.75 Å². The number of nitrogens with one attached hydrogen (secondary N) is 1. The minimum atomic E-state index is -0.338. The number of hydrogen-bond donors (Lipinski definition) is 1. The van der Waals surface area contributed by atoms with Crippen molar-refractivity contribution in [3.05, 3.63) is 69.6 Å². The van der Waals surface area contributed by atoms with Crippen molar-refractivity contribution in [3.63, 3.8) is 0 Å². The predicted molar refractivity (Wildman–Crippen MR) is 146 cm³/mol. The summed E-state index contributed by atoms with van der Waals surface area (Å²) >= 11 is 12.9. The molecule has 4 saturated carbocycles. The Kier molecular flexibility index (Phi) is 6.34. The smallest absolute Gasteiger partial charge is 0.285 e. The van der Waals surface area contributed by atoms with E-state index >= 15 is 0 Å². The SMILES string of the molecule is O=C1/C(=C\c2cccc(OCc3ccccc3Cl)c2)SC(=S)N1NC(=O)C12CC3CC(CC(C3)C1)C2. The van der Waals surface area contributed by atoms with Gasteiger partial charge in [0.2, 0.25) is 5.91 Å². The lowest BCUT2D eigenvalue weighted by Gasteiger charge is -2.55. The summed E-state index contributed by atoms with van der Waals surface area (Å²) in [6, 6.07) is 15.1. The fourth-order valence-corrected chi connectivity index (χ4v) is 8.16. The lowest BCUT2D eigenvalue weighted by molar-refractivity contribution is -0.152. The second kappa shape index (κ2) is 9.51. The molecule has 2 amide bonds. The average Bonchev–Trinajstić information content (AvgIpc) is 3.10. The Balaban J connectivity index is 1.13. The van der Waals surface area contributed by atoms with Gasteiger partial charge in [-0.1, -0.05) is 53.7 Å². The maximum atomic E-state index is 13.4. The third-order valence-corrected chi connectivity index (χ3v) is 9.71. The average molecular weight is 539 g/mol. The second-order valence-electron chi connectivity index (χ2n) is 10.6. The molecule has 4 bridgehead atoms. The van der Waals surface area contributed by atoms with Gasteiger partial charge in [-0.25, -0.2) is 0 Å². The molecule has 5 fully saturated rings. The van der Waals surface area contributed by atoms with E-state index in [4.69, 9.17) is 28.6 Å². The molecule has 0 atom stereocenters. The van der Waals surface area contributed by atoms with Crippen LogP contribution in [0, 0.1) is 23.2 Å². The highest BCUT2D eigenvalue weighted by Crippen LogP contribution is 2.60. The summed E-state index contributed by atoms with van der Waals surface area (Å²) in [4.78, 5) is 27.1. The number of hydrazine groups is 1. The molecule has 1 N–H and O–H groups in total. The standard InChI is InChI=1S/C28H27ClN2O3S2/c29-23-7-2-1-5-21(23)16-34-22-6-3-4-17(11-22)12-24-25(32)31(27(35)36-24)30-26(33)28-13-18-8-19(14-28)10-20(9-18)15-28/h1-7,11-12,18-20H,8-10,13-16H2,(H,30,33)/b24-12+. The Morgan fingerprint density at radius 3 is 2.50 bits per heavy atom. The number of thioether (sulfide) groups is 1. The predicted octanol–water partition coefficient (Wildman–Crippen LogP) is 6.37. The molecular formula is C28H27ClN2O3S2. The van der Waals surface area contributed by atoms with E-state index in [-0.39, 0.29) is 17.2 Å². The highest BCUT2D eigenvalue weighted by Gasteiger charge is 2.55. The summed E-state index contributed by atoms with van der Waals surface area (Å²) in [6.45, 7) is 0.349. The molecule has 5 nitrogen and oxygen atoms in total. The first kappa shape index (κ1) is 24.0. The molecule has 0 aromatic heterocycles. The van der Waals surface area contributed by atoms with Crippen LogP contribution >= 0.6 is 35.6 Å². The first-order valence-corrected chi connectivity index (χ1v) is 14.0. The number of carbonyl (C=O) groups is 2. The van der Waals surface area contributed by atoms with Gasteiger partial charge in [-0.15, -0.1) is 0 Å². The Labute approximate surface area is 225 Å². The van der Waals surface area contributed by atoms with Crippen LogP contribution in [0.4, 0.5) is 0 Å². The van der Waals surface area contributed by atoms with Gasteiger partial charge in [0.25, 0.3) is 5.91 Å². The molecule has 186 valence electrons. The number of rotatable bonds is 6. The third-order valence-electron chi connectivity index (χ3n) is 8.04. The lowest BCUT2D eigenvalue weighted by atomic mass is 9.49. The lowest BCUT2D eigenvalue weighted by Crippen LogP contribution is -2.57. The Bertz CT molecular complexity index is 1240. The number of benzene rings is 2. The first-order valence-electron chi connectivity index (χ1n) is 12.4. The Morgan fingerprint density at radius 2 is 1.81 bits per heavy atom. The number of hydrogen-bond acceptors (Lipinski definition) is 5.